The minimum absolute atomic E-state index is 0.147. The van der Waals surface area contributed by atoms with Crippen molar-refractivity contribution >= 4 is 11.4 Å². The van der Waals surface area contributed by atoms with E-state index in [9.17, 15) is 0 Å². The second-order valence-corrected chi connectivity index (χ2v) is 6.01. The van der Waals surface area contributed by atoms with Crippen molar-refractivity contribution in [3.8, 4) is 5.75 Å². The molecule has 1 saturated carbocycles. The van der Waals surface area contributed by atoms with Crippen LogP contribution in [-0.2, 0) is 4.74 Å². The highest BCUT2D eigenvalue weighted by Crippen LogP contribution is 2.23. The Hall–Kier alpha value is -1.42. The molecule has 0 bridgehead atoms. The topological polar surface area (TPSA) is 56.5 Å². The quantitative estimate of drug-likeness (QED) is 0.592. The van der Waals surface area contributed by atoms with Crippen molar-refractivity contribution < 1.29 is 9.47 Å². The number of rotatable bonds is 7. The highest BCUT2D eigenvalue weighted by molar-refractivity contribution is 5.59. The largest absolute Gasteiger partial charge is 0.491 e. The number of ether oxygens (including phenoxy) is 2. The summed E-state index contributed by atoms with van der Waals surface area (Å²) in [5.74, 6) is 0.806. The SMILES string of the molecule is CC(C)Oc1cc(N)cc(NCCOC2CCCCC2)c1. The van der Waals surface area contributed by atoms with Gasteiger partial charge in [0.2, 0.25) is 0 Å². The van der Waals surface area contributed by atoms with E-state index in [-0.39, 0.29) is 6.10 Å². The fraction of sp³-hybridized carbons (Fsp3) is 0.647. The lowest BCUT2D eigenvalue weighted by atomic mass is 9.98. The van der Waals surface area contributed by atoms with Gasteiger partial charge in [-0.1, -0.05) is 19.3 Å². The third kappa shape index (κ3) is 5.84. The molecule has 4 heteroatoms. The Balaban J connectivity index is 1.75. The summed E-state index contributed by atoms with van der Waals surface area (Å²) in [6.45, 7) is 5.55. The van der Waals surface area contributed by atoms with Crippen molar-refractivity contribution in [1.82, 2.24) is 0 Å². The molecule has 1 aromatic carbocycles. The minimum atomic E-state index is 0.147. The molecule has 1 aliphatic carbocycles. The van der Waals surface area contributed by atoms with E-state index in [0.717, 1.165) is 24.6 Å². The maximum Gasteiger partial charge on any atom is 0.123 e. The molecular formula is C17H28N2O2. The predicted octanol–water partition coefficient (Wildman–Crippen LogP) is 3.82. The van der Waals surface area contributed by atoms with Gasteiger partial charge in [0.25, 0.3) is 0 Å². The molecule has 4 nitrogen and oxygen atoms in total. The van der Waals surface area contributed by atoms with Crippen molar-refractivity contribution in [1.29, 1.82) is 0 Å². The van der Waals surface area contributed by atoms with Crippen LogP contribution in [0.25, 0.3) is 0 Å². The monoisotopic (exact) mass is 292 g/mol. The van der Waals surface area contributed by atoms with E-state index in [2.05, 4.69) is 5.32 Å². The zero-order chi connectivity index (χ0) is 15.1. The molecule has 1 aromatic rings. The van der Waals surface area contributed by atoms with E-state index in [4.69, 9.17) is 15.2 Å². The number of benzene rings is 1. The van der Waals surface area contributed by atoms with Gasteiger partial charge < -0.3 is 20.5 Å². The lowest BCUT2D eigenvalue weighted by Gasteiger charge is -2.22. The molecule has 0 aromatic heterocycles. The molecule has 0 aliphatic heterocycles. The van der Waals surface area contributed by atoms with Gasteiger partial charge >= 0.3 is 0 Å². The molecule has 0 atom stereocenters. The number of hydrogen-bond donors (Lipinski definition) is 2. The van der Waals surface area contributed by atoms with Crippen LogP contribution in [0.2, 0.25) is 0 Å². The fourth-order valence-corrected chi connectivity index (χ4v) is 2.72. The van der Waals surface area contributed by atoms with E-state index >= 15 is 0 Å². The highest BCUT2D eigenvalue weighted by Gasteiger charge is 2.13. The molecule has 0 amide bonds. The Bertz CT molecular complexity index is 429. The molecule has 0 saturated heterocycles. The zero-order valence-electron chi connectivity index (χ0n) is 13.2. The smallest absolute Gasteiger partial charge is 0.123 e. The van der Waals surface area contributed by atoms with Gasteiger partial charge in [0, 0.05) is 30.1 Å². The van der Waals surface area contributed by atoms with Crippen LogP contribution >= 0.6 is 0 Å². The third-order valence-electron chi connectivity index (χ3n) is 3.64. The summed E-state index contributed by atoms with van der Waals surface area (Å²) in [4.78, 5) is 0. The van der Waals surface area contributed by atoms with Crippen molar-refractivity contribution in [2.75, 3.05) is 24.2 Å². The van der Waals surface area contributed by atoms with E-state index in [0.29, 0.717) is 11.8 Å². The van der Waals surface area contributed by atoms with Gasteiger partial charge in [-0.15, -0.1) is 0 Å². The second kappa shape index (κ2) is 8.13. The van der Waals surface area contributed by atoms with Crippen LogP contribution in [0.15, 0.2) is 18.2 Å². The Morgan fingerprint density at radius 1 is 1.19 bits per heavy atom. The van der Waals surface area contributed by atoms with Crippen LogP contribution in [0.4, 0.5) is 11.4 Å². The van der Waals surface area contributed by atoms with Gasteiger partial charge in [-0.05, 0) is 32.8 Å². The fourth-order valence-electron chi connectivity index (χ4n) is 2.72. The molecule has 1 fully saturated rings. The summed E-state index contributed by atoms with van der Waals surface area (Å²) in [5.41, 5.74) is 7.60. The van der Waals surface area contributed by atoms with Crippen LogP contribution in [-0.4, -0.2) is 25.4 Å². The number of nitrogens with one attached hydrogen (secondary N) is 1. The zero-order valence-corrected chi connectivity index (χ0v) is 13.2. The van der Waals surface area contributed by atoms with Crippen LogP contribution < -0.4 is 15.8 Å². The number of nitrogen functional groups attached to an aromatic ring is 1. The van der Waals surface area contributed by atoms with Crippen LogP contribution in [0.1, 0.15) is 46.0 Å². The maximum atomic E-state index is 5.91. The first-order valence-electron chi connectivity index (χ1n) is 8.06. The minimum Gasteiger partial charge on any atom is -0.491 e. The van der Waals surface area contributed by atoms with E-state index in [1.54, 1.807) is 0 Å². The van der Waals surface area contributed by atoms with Crippen molar-refractivity contribution in [2.45, 2.75) is 58.2 Å². The summed E-state index contributed by atoms with van der Waals surface area (Å²) in [6, 6.07) is 5.76. The normalized spacial score (nSPS) is 16.1. The van der Waals surface area contributed by atoms with Gasteiger partial charge in [0.15, 0.2) is 0 Å². The number of hydrogen-bond acceptors (Lipinski definition) is 4. The van der Waals surface area contributed by atoms with Gasteiger partial charge in [-0.2, -0.15) is 0 Å². The maximum absolute atomic E-state index is 5.91. The second-order valence-electron chi connectivity index (χ2n) is 6.01. The summed E-state index contributed by atoms with van der Waals surface area (Å²) in [7, 11) is 0. The van der Waals surface area contributed by atoms with Crippen molar-refractivity contribution in [3.63, 3.8) is 0 Å². The molecule has 0 spiro atoms. The summed E-state index contributed by atoms with van der Waals surface area (Å²) < 4.78 is 11.6. The molecule has 118 valence electrons. The van der Waals surface area contributed by atoms with Gasteiger partial charge in [0.05, 0.1) is 18.8 Å². The first kappa shape index (κ1) is 16.0. The average Bonchev–Trinajstić information content (AvgIpc) is 2.43. The molecular weight excluding hydrogens is 264 g/mol. The van der Waals surface area contributed by atoms with Crippen LogP contribution in [0.3, 0.4) is 0 Å². The van der Waals surface area contributed by atoms with Gasteiger partial charge in [-0.25, -0.2) is 0 Å². The molecule has 1 aliphatic rings. The Labute approximate surface area is 128 Å². The van der Waals surface area contributed by atoms with E-state index in [1.165, 1.54) is 32.1 Å². The average molecular weight is 292 g/mol. The molecule has 0 unspecified atom stereocenters. The lowest BCUT2D eigenvalue weighted by molar-refractivity contribution is 0.0347. The molecule has 0 heterocycles. The van der Waals surface area contributed by atoms with Crippen LogP contribution in [0, 0.1) is 0 Å². The molecule has 3 N–H and O–H groups in total. The van der Waals surface area contributed by atoms with Gasteiger partial charge in [-0.3, -0.25) is 0 Å². The van der Waals surface area contributed by atoms with E-state index < -0.39 is 0 Å². The van der Waals surface area contributed by atoms with Gasteiger partial charge in [0.1, 0.15) is 5.75 Å². The Kier molecular flexibility index (Phi) is 6.18. The standard InChI is InChI=1S/C17H28N2O2/c1-13(2)21-17-11-14(18)10-15(12-17)19-8-9-20-16-6-4-3-5-7-16/h10-13,16,19H,3-9,18H2,1-2H3. The highest BCUT2D eigenvalue weighted by atomic mass is 16.5. The Morgan fingerprint density at radius 2 is 1.95 bits per heavy atom. The Morgan fingerprint density at radius 3 is 2.67 bits per heavy atom. The first-order valence-corrected chi connectivity index (χ1v) is 8.06. The molecule has 0 radical (unpaired) electrons. The third-order valence-corrected chi connectivity index (χ3v) is 3.64. The van der Waals surface area contributed by atoms with E-state index in [1.807, 2.05) is 32.0 Å². The molecule has 2 rings (SSSR count). The summed E-state index contributed by atoms with van der Waals surface area (Å²) in [5, 5.41) is 3.35. The summed E-state index contributed by atoms with van der Waals surface area (Å²) in [6.07, 6.45) is 7.01. The van der Waals surface area contributed by atoms with Crippen LogP contribution in [0.5, 0.6) is 5.75 Å². The lowest BCUT2D eigenvalue weighted by Crippen LogP contribution is -2.20. The van der Waals surface area contributed by atoms with Crippen molar-refractivity contribution in [2.24, 2.45) is 0 Å². The first-order chi connectivity index (χ1) is 10.1. The molecule has 21 heavy (non-hydrogen) atoms. The van der Waals surface area contributed by atoms with Crippen molar-refractivity contribution in [3.05, 3.63) is 18.2 Å². The number of anilines is 2. The predicted molar refractivity (Wildman–Crippen MR) is 87.9 cm³/mol. The number of nitrogens with two attached hydrogens (primary N) is 1. The summed E-state index contributed by atoms with van der Waals surface area (Å²) >= 11 is 0.